The van der Waals surface area contributed by atoms with Gasteiger partial charge in [-0.3, -0.25) is 9.59 Å². The number of anilines is 1. The third kappa shape index (κ3) is 4.35. The molecule has 0 heterocycles. The number of carbonyl (C=O) groups excluding carboxylic acids is 2. The summed E-state index contributed by atoms with van der Waals surface area (Å²) in [7, 11) is 0. The Morgan fingerprint density at radius 1 is 1.21 bits per heavy atom. The minimum Gasteiger partial charge on any atom is -0.389 e. The SMILES string of the molecule is Cc1ccc(C(=O)NC2CC2)cc1NC(=O)CC1(O)CCCCC1. The summed E-state index contributed by atoms with van der Waals surface area (Å²) in [6, 6.07) is 5.64. The number of carbonyl (C=O) groups is 2. The van der Waals surface area contributed by atoms with Crippen molar-refractivity contribution < 1.29 is 14.7 Å². The highest BCUT2D eigenvalue weighted by atomic mass is 16.3. The van der Waals surface area contributed by atoms with Crippen LogP contribution < -0.4 is 10.6 Å². The second kappa shape index (κ2) is 6.93. The molecule has 24 heavy (non-hydrogen) atoms. The van der Waals surface area contributed by atoms with Crippen LogP contribution in [0.3, 0.4) is 0 Å². The van der Waals surface area contributed by atoms with Gasteiger partial charge in [0.2, 0.25) is 5.91 Å². The number of hydrogen-bond donors (Lipinski definition) is 3. The summed E-state index contributed by atoms with van der Waals surface area (Å²) >= 11 is 0. The molecule has 2 saturated carbocycles. The summed E-state index contributed by atoms with van der Waals surface area (Å²) in [6.07, 6.45) is 6.64. The van der Waals surface area contributed by atoms with Crippen molar-refractivity contribution in [3.05, 3.63) is 29.3 Å². The molecule has 0 aliphatic heterocycles. The van der Waals surface area contributed by atoms with E-state index in [9.17, 15) is 14.7 Å². The van der Waals surface area contributed by atoms with Gasteiger partial charge >= 0.3 is 0 Å². The average molecular weight is 330 g/mol. The normalized spacial score (nSPS) is 19.6. The minimum absolute atomic E-state index is 0.0982. The van der Waals surface area contributed by atoms with Crippen LogP contribution in [0.1, 0.15) is 67.3 Å². The van der Waals surface area contributed by atoms with Gasteiger partial charge in [0.25, 0.3) is 5.91 Å². The zero-order chi connectivity index (χ0) is 17.2. The van der Waals surface area contributed by atoms with Crippen LogP contribution in [-0.2, 0) is 4.79 Å². The number of aryl methyl sites for hydroxylation is 1. The molecule has 0 radical (unpaired) electrons. The first kappa shape index (κ1) is 17.0. The van der Waals surface area contributed by atoms with E-state index >= 15 is 0 Å². The topological polar surface area (TPSA) is 78.4 Å². The predicted octanol–water partition coefficient (Wildman–Crippen LogP) is 2.91. The fourth-order valence-electron chi connectivity index (χ4n) is 3.27. The summed E-state index contributed by atoms with van der Waals surface area (Å²) in [5.74, 6) is -0.291. The molecule has 2 fully saturated rings. The number of benzene rings is 1. The van der Waals surface area contributed by atoms with Gasteiger partial charge < -0.3 is 15.7 Å². The van der Waals surface area contributed by atoms with E-state index in [0.29, 0.717) is 30.1 Å². The summed E-state index contributed by atoms with van der Waals surface area (Å²) in [6.45, 7) is 1.90. The van der Waals surface area contributed by atoms with Gasteiger partial charge in [0, 0.05) is 17.3 Å². The first-order valence-electron chi connectivity index (χ1n) is 8.89. The molecule has 0 bridgehead atoms. The Kier molecular flexibility index (Phi) is 4.90. The monoisotopic (exact) mass is 330 g/mol. The lowest BCUT2D eigenvalue weighted by Crippen LogP contribution is -2.36. The molecule has 2 amide bonds. The van der Waals surface area contributed by atoms with Gasteiger partial charge in [-0.05, 0) is 50.3 Å². The second-order valence-electron chi connectivity index (χ2n) is 7.29. The maximum atomic E-state index is 12.3. The van der Waals surface area contributed by atoms with Crippen LogP contribution in [0, 0.1) is 6.92 Å². The summed E-state index contributed by atoms with van der Waals surface area (Å²) in [5.41, 5.74) is 1.22. The third-order valence-electron chi connectivity index (χ3n) is 4.96. The minimum atomic E-state index is -0.878. The van der Waals surface area contributed by atoms with Gasteiger partial charge in [-0.15, -0.1) is 0 Å². The lowest BCUT2D eigenvalue weighted by molar-refractivity contribution is -0.122. The molecular formula is C19H26N2O3. The molecule has 1 aromatic carbocycles. The van der Waals surface area contributed by atoms with Crippen molar-refractivity contribution in [2.24, 2.45) is 0 Å². The Balaban J connectivity index is 1.64. The largest absolute Gasteiger partial charge is 0.389 e. The number of aliphatic hydroxyl groups is 1. The van der Waals surface area contributed by atoms with Gasteiger partial charge in [0.1, 0.15) is 0 Å². The fraction of sp³-hybridized carbons (Fsp3) is 0.579. The number of amides is 2. The maximum absolute atomic E-state index is 12.3. The molecule has 5 heteroatoms. The Morgan fingerprint density at radius 2 is 1.92 bits per heavy atom. The van der Waals surface area contributed by atoms with Crippen molar-refractivity contribution in [2.45, 2.75) is 69.9 Å². The van der Waals surface area contributed by atoms with Crippen LogP contribution in [0.5, 0.6) is 0 Å². The van der Waals surface area contributed by atoms with Crippen molar-refractivity contribution >= 4 is 17.5 Å². The fourth-order valence-corrected chi connectivity index (χ4v) is 3.27. The first-order chi connectivity index (χ1) is 11.5. The van der Waals surface area contributed by atoms with Gasteiger partial charge in [0.05, 0.1) is 12.0 Å². The Morgan fingerprint density at radius 3 is 2.58 bits per heavy atom. The molecule has 1 aromatic rings. The number of rotatable bonds is 5. The van der Waals surface area contributed by atoms with Gasteiger partial charge in [0.15, 0.2) is 0 Å². The molecule has 0 aromatic heterocycles. The molecule has 0 unspecified atom stereocenters. The molecule has 130 valence electrons. The van der Waals surface area contributed by atoms with Crippen molar-refractivity contribution in [3.8, 4) is 0 Å². The highest BCUT2D eigenvalue weighted by Gasteiger charge is 2.31. The Hall–Kier alpha value is -1.88. The highest BCUT2D eigenvalue weighted by molar-refractivity contribution is 5.98. The molecule has 3 rings (SSSR count). The van der Waals surface area contributed by atoms with Gasteiger partial charge in [-0.25, -0.2) is 0 Å². The van der Waals surface area contributed by atoms with Crippen LogP contribution in [0.25, 0.3) is 0 Å². The van der Waals surface area contributed by atoms with Crippen molar-refractivity contribution in [1.82, 2.24) is 5.32 Å². The average Bonchev–Trinajstić information content (AvgIpc) is 3.33. The van der Waals surface area contributed by atoms with Crippen molar-refractivity contribution in [2.75, 3.05) is 5.32 Å². The van der Waals surface area contributed by atoms with Crippen LogP contribution >= 0.6 is 0 Å². The zero-order valence-corrected chi connectivity index (χ0v) is 14.2. The smallest absolute Gasteiger partial charge is 0.251 e. The van der Waals surface area contributed by atoms with E-state index in [0.717, 1.165) is 37.7 Å². The predicted molar refractivity (Wildman–Crippen MR) is 92.9 cm³/mol. The summed E-state index contributed by atoms with van der Waals surface area (Å²) < 4.78 is 0. The van der Waals surface area contributed by atoms with E-state index in [2.05, 4.69) is 10.6 Å². The van der Waals surface area contributed by atoms with Crippen LogP contribution in [0.4, 0.5) is 5.69 Å². The van der Waals surface area contributed by atoms with E-state index < -0.39 is 5.60 Å². The van der Waals surface area contributed by atoms with Crippen LogP contribution in [-0.4, -0.2) is 28.6 Å². The molecule has 0 saturated heterocycles. The summed E-state index contributed by atoms with van der Waals surface area (Å²) in [4.78, 5) is 24.5. The Labute approximate surface area is 142 Å². The van der Waals surface area contributed by atoms with E-state index in [4.69, 9.17) is 0 Å². The molecule has 2 aliphatic rings. The van der Waals surface area contributed by atoms with E-state index in [1.165, 1.54) is 0 Å². The molecule has 2 aliphatic carbocycles. The Bertz CT molecular complexity index is 631. The second-order valence-corrected chi connectivity index (χ2v) is 7.29. The lowest BCUT2D eigenvalue weighted by atomic mass is 9.82. The molecule has 5 nitrogen and oxygen atoms in total. The molecule has 0 spiro atoms. The molecule has 0 atom stereocenters. The molecule has 3 N–H and O–H groups in total. The number of nitrogens with one attached hydrogen (secondary N) is 2. The van der Waals surface area contributed by atoms with Crippen LogP contribution in [0.2, 0.25) is 0 Å². The number of hydrogen-bond acceptors (Lipinski definition) is 3. The van der Waals surface area contributed by atoms with E-state index in [-0.39, 0.29) is 18.2 Å². The van der Waals surface area contributed by atoms with Crippen molar-refractivity contribution in [3.63, 3.8) is 0 Å². The molecular weight excluding hydrogens is 304 g/mol. The quantitative estimate of drug-likeness (QED) is 0.777. The van der Waals surface area contributed by atoms with Gasteiger partial charge in [-0.2, -0.15) is 0 Å². The van der Waals surface area contributed by atoms with Gasteiger partial charge in [-0.1, -0.05) is 25.3 Å². The first-order valence-corrected chi connectivity index (χ1v) is 8.89. The zero-order valence-electron chi connectivity index (χ0n) is 14.2. The third-order valence-corrected chi connectivity index (χ3v) is 4.96. The van der Waals surface area contributed by atoms with Crippen LogP contribution in [0.15, 0.2) is 18.2 Å². The van der Waals surface area contributed by atoms with E-state index in [1.54, 1.807) is 12.1 Å². The highest BCUT2D eigenvalue weighted by Crippen LogP contribution is 2.31. The standard InChI is InChI=1S/C19H26N2O3/c1-13-5-6-14(18(23)20-15-7-8-15)11-16(13)21-17(22)12-19(24)9-3-2-4-10-19/h5-6,11,15,24H,2-4,7-10,12H2,1H3,(H,20,23)(H,21,22). The maximum Gasteiger partial charge on any atom is 0.251 e. The van der Waals surface area contributed by atoms with Crippen molar-refractivity contribution in [1.29, 1.82) is 0 Å². The lowest BCUT2D eigenvalue weighted by Gasteiger charge is -2.31. The summed E-state index contributed by atoms with van der Waals surface area (Å²) in [5, 5.41) is 16.3. The van der Waals surface area contributed by atoms with E-state index in [1.807, 2.05) is 13.0 Å².